The smallest absolute Gasteiger partial charge is 0.289 e. The maximum atomic E-state index is 12.6. The first kappa shape index (κ1) is 15.9. The molecule has 1 amide bonds. The molecule has 8 heteroatoms. The van der Waals surface area contributed by atoms with Gasteiger partial charge in [0.15, 0.2) is 5.76 Å². The molecule has 8 nitrogen and oxygen atoms in total. The van der Waals surface area contributed by atoms with Crippen LogP contribution >= 0.6 is 0 Å². The molecule has 0 aliphatic carbocycles. The van der Waals surface area contributed by atoms with E-state index >= 15 is 0 Å². The molecule has 0 unspecified atom stereocenters. The van der Waals surface area contributed by atoms with Crippen molar-refractivity contribution in [1.29, 1.82) is 0 Å². The summed E-state index contributed by atoms with van der Waals surface area (Å²) in [5.74, 6) is 0.928. The summed E-state index contributed by atoms with van der Waals surface area (Å²) >= 11 is 0. The van der Waals surface area contributed by atoms with Gasteiger partial charge in [0.25, 0.3) is 11.7 Å². The number of furan rings is 1. The van der Waals surface area contributed by atoms with Gasteiger partial charge in [-0.1, -0.05) is 6.07 Å². The van der Waals surface area contributed by atoms with Crippen LogP contribution in [0.4, 0.5) is 0 Å². The molecule has 26 heavy (non-hydrogen) atoms. The average Bonchev–Trinajstić information content (AvgIpc) is 3.29. The van der Waals surface area contributed by atoms with Crippen LogP contribution in [0.1, 0.15) is 27.6 Å². The Hall–Kier alpha value is -3.55. The third kappa shape index (κ3) is 2.81. The normalized spacial score (nSPS) is 11.0. The molecule has 0 atom stereocenters. The number of pyridine rings is 1. The Balaban J connectivity index is 1.59. The van der Waals surface area contributed by atoms with E-state index in [4.69, 9.17) is 4.42 Å². The molecule has 0 aliphatic heterocycles. The minimum Gasteiger partial charge on any atom is -0.463 e. The minimum absolute atomic E-state index is 0.202. The van der Waals surface area contributed by atoms with Gasteiger partial charge in [-0.3, -0.25) is 14.2 Å². The molecule has 4 aromatic heterocycles. The largest absolute Gasteiger partial charge is 0.463 e. The lowest BCUT2D eigenvalue weighted by Gasteiger charge is -2.08. The van der Waals surface area contributed by atoms with Gasteiger partial charge in [0, 0.05) is 29.7 Å². The number of carbonyl (C=O) groups is 1. The molecule has 0 aromatic carbocycles. The van der Waals surface area contributed by atoms with E-state index in [1.165, 1.54) is 0 Å². The molecular weight excluding hydrogens is 332 g/mol. The number of aryl methyl sites for hydroxylation is 2. The van der Waals surface area contributed by atoms with Crippen LogP contribution in [0.25, 0.3) is 17.2 Å². The highest BCUT2D eigenvalue weighted by Gasteiger charge is 2.17. The molecular formula is C18H16N6O2. The number of hydrogen-bond acceptors (Lipinski definition) is 6. The van der Waals surface area contributed by atoms with Crippen molar-refractivity contribution in [3.8, 4) is 11.5 Å². The first-order valence-electron chi connectivity index (χ1n) is 8.09. The van der Waals surface area contributed by atoms with E-state index in [9.17, 15) is 4.79 Å². The van der Waals surface area contributed by atoms with Crippen molar-refractivity contribution >= 4 is 11.7 Å². The van der Waals surface area contributed by atoms with Gasteiger partial charge in [-0.2, -0.15) is 0 Å². The van der Waals surface area contributed by atoms with Gasteiger partial charge in [0.1, 0.15) is 5.69 Å². The van der Waals surface area contributed by atoms with E-state index in [1.54, 1.807) is 22.9 Å². The minimum atomic E-state index is -0.333. The van der Waals surface area contributed by atoms with Crippen LogP contribution in [0.3, 0.4) is 0 Å². The van der Waals surface area contributed by atoms with Crippen molar-refractivity contribution in [2.45, 2.75) is 20.4 Å². The molecule has 4 rings (SSSR count). The Morgan fingerprint density at radius 3 is 2.92 bits per heavy atom. The van der Waals surface area contributed by atoms with E-state index in [-0.39, 0.29) is 18.3 Å². The predicted octanol–water partition coefficient (Wildman–Crippen LogP) is 2.33. The van der Waals surface area contributed by atoms with Crippen LogP contribution in [0.15, 0.2) is 47.2 Å². The van der Waals surface area contributed by atoms with Crippen LogP contribution in [0.2, 0.25) is 0 Å². The van der Waals surface area contributed by atoms with Gasteiger partial charge in [-0.15, -0.1) is 10.2 Å². The molecule has 4 aromatic rings. The zero-order valence-electron chi connectivity index (χ0n) is 14.3. The molecule has 130 valence electrons. The zero-order chi connectivity index (χ0) is 18.1. The van der Waals surface area contributed by atoms with Crippen molar-refractivity contribution in [2.75, 3.05) is 0 Å². The SMILES string of the molecule is Cc1cc(C)n2c(C(=O)NCc3cccnc3-c3ccco3)nnc2n1. The van der Waals surface area contributed by atoms with Crippen molar-refractivity contribution in [3.05, 3.63) is 65.6 Å². The Morgan fingerprint density at radius 2 is 2.12 bits per heavy atom. The van der Waals surface area contributed by atoms with Gasteiger partial charge >= 0.3 is 0 Å². The molecule has 0 spiro atoms. The summed E-state index contributed by atoms with van der Waals surface area (Å²) < 4.78 is 7.05. The fraction of sp³-hybridized carbons (Fsp3) is 0.167. The average molecular weight is 348 g/mol. The Bertz CT molecular complexity index is 1080. The Kier molecular flexibility index (Phi) is 3.92. The van der Waals surface area contributed by atoms with Crippen LogP contribution < -0.4 is 5.32 Å². The molecule has 0 saturated heterocycles. The first-order valence-corrected chi connectivity index (χ1v) is 8.09. The number of amides is 1. The molecule has 0 radical (unpaired) electrons. The van der Waals surface area contributed by atoms with Gasteiger partial charge in [0.2, 0.25) is 5.82 Å². The van der Waals surface area contributed by atoms with E-state index in [0.29, 0.717) is 17.2 Å². The highest BCUT2D eigenvalue weighted by atomic mass is 16.3. The van der Waals surface area contributed by atoms with Gasteiger partial charge < -0.3 is 9.73 Å². The van der Waals surface area contributed by atoms with Crippen LogP contribution in [0.5, 0.6) is 0 Å². The summed E-state index contributed by atoms with van der Waals surface area (Å²) in [5, 5.41) is 10.8. The molecule has 1 N–H and O–H groups in total. The second-order valence-corrected chi connectivity index (χ2v) is 5.87. The molecule has 4 heterocycles. The van der Waals surface area contributed by atoms with Crippen LogP contribution in [0, 0.1) is 13.8 Å². The van der Waals surface area contributed by atoms with Gasteiger partial charge in [-0.25, -0.2) is 4.98 Å². The number of carbonyl (C=O) groups excluding carboxylic acids is 1. The standard InChI is InChI=1S/C18H16N6O2/c1-11-9-12(2)24-16(22-23-18(24)21-11)17(25)20-10-13-5-3-7-19-15(13)14-6-4-8-26-14/h3-9H,10H2,1-2H3,(H,20,25). The summed E-state index contributed by atoms with van der Waals surface area (Å²) in [7, 11) is 0. The van der Waals surface area contributed by atoms with E-state index < -0.39 is 0 Å². The van der Waals surface area contributed by atoms with Crippen LogP contribution in [-0.4, -0.2) is 30.5 Å². The summed E-state index contributed by atoms with van der Waals surface area (Å²) in [6.45, 7) is 4.05. The highest BCUT2D eigenvalue weighted by molar-refractivity contribution is 5.91. The maximum absolute atomic E-state index is 12.6. The fourth-order valence-electron chi connectivity index (χ4n) is 2.85. The monoisotopic (exact) mass is 348 g/mol. The van der Waals surface area contributed by atoms with Crippen molar-refractivity contribution in [1.82, 2.24) is 29.9 Å². The topological polar surface area (TPSA) is 98.2 Å². The number of nitrogens with one attached hydrogen (secondary N) is 1. The lowest BCUT2D eigenvalue weighted by molar-refractivity contribution is 0.0939. The number of aromatic nitrogens is 5. The Labute approximate surface area is 148 Å². The summed E-state index contributed by atoms with van der Waals surface area (Å²) in [6, 6.07) is 9.22. The molecule has 0 bridgehead atoms. The fourth-order valence-corrected chi connectivity index (χ4v) is 2.85. The number of hydrogen-bond donors (Lipinski definition) is 1. The van der Waals surface area contributed by atoms with E-state index in [0.717, 1.165) is 17.0 Å². The lowest BCUT2D eigenvalue weighted by atomic mass is 10.1. The van der Waals surface area contributed by atoms with Crippen molar-refractivity contribution in [2.24, 2.45) is 0 Å². The highest BCUT2D eigenvalue weighted by Crippen LogP contribution is 2.21. The third-order valence-corrected chi connectivity index (χ3v) is 3.98. The first-order chi connectivity index (χ1) is 12.6. The van der Waals surface area contributed by atoms with Gasteiger partial charge in [-0.05, 0) is 38.1 Å². The van der Waals surface area contributed by atoms with Crippen molar-refractivity contribution < 1.29 is 9.21 Å². The zero-order valence-corrected chi connectivity index (χ0v) is 14.3. The molecule has 0 saturated carbocycles. The maximum Gasteiger partial charge on any atom is 0.289 e. The number of nitrogens with zero attached hydrogens (tertiary/aromatic N) is 5. The van der Waals surface area contributed by atoms with E-state index in [2.05, 4.69) is 25.5 Å². The summed E-state index contributed by atoms with van der Waals surface area (Å²) in [5.41, 5.74) is 3.21. The molecule has 0 aliphatic rings. The third-order valence-electron chi connectivity index (χ3n) is 3.98. The predicted molar refractivity (Wildman–Crippen MR) is 93.4 cm³/mol. The summed E-state index contributed by atoms with van der Waals surface area (Å²) in [4.78, 5) is 21.3. The van der Waals surface area contributed by atoms with Crippen LogP contribution in [-0.2, 0) is 6.54 Å². The Morgan fingerprint density at radius 1 is 1.23 bits per heavy atom. The van der Waals surface area contributed by atoms with Crippen molar-refractivity contribution in [3.63, 3.8) is 0 Å². The second kappa shape index (κ2) is 6.40. The number of fused-ring (bicyclic) bond motifs is 1. The lowest BCUT2D eigenvalue weighted by Crippen LogP contribution is -2.26. The van der Waals surface area contributed by atoms with Gasteiger partial charge in [0.05, 0.1) is 6.26 Å². The molecule has 0 fully saturated rings. The summed E-state index contributed by atoms with van der Waals surface area (Å²) in [6.07, 6.45) is 3.28. The second-order valence-electron chi connectivity index (χ2n) is 5.87. The van der Waals surface area contributed by atoms with E-state index in [1.807, 2.05) is 38.1 Å². The number of rotatable bonds is 4. The quantitative estimate of drug-likeness (QED) is 0.608.